The standard InChI is InChI=1S/C15H17NS/c1-11-6-7-12(2)15(8-11)17-14-5-3-4-13(9-14)10-16/h3-9H,10,16H2,1-2H3. The van der Waals surface area contributed by atoms with Crippen molar-refractivity contribution in [2.75, 3.05) is 0 Å². The first kappa shape index (κ1) is 12.2. The van der Waals surface area contributed by atoms with Gasteiger partial charge in [-0.2, -0.15) is 0 Å². The molecule has 0 aliphatic carbocycles. The quantitative estimate of drug-likeness (QED) is 0.884. The summed E-state index contributed by atoms with van der Waals surface area (Å²) in [6.07, 6.45) is 0. The van der Waals surface area contributed by atoms with E-state index in [1.807, 2.05) is 0 Å². The molecule has 2 rings (SSSR count). The largest absolute Gasteiger partial charge is 0.326 e. The number of nitrogens with two attached hydrogens (primary N) is 1. The topological polar surface area (TPSA) is 26.0 Å². The van der Waals surface area contributed by atoms with Gasteiger partial charge in [-0.05, 0) is 48.7 Å². The molecule has 0 spiro atoms. The van der Waals surface area contributed by atoms with Crippen LogP contribution in [0.25, 0.3) is 0 Å². The van der Waals surface area contributed by atoms with Gasteiger partial charge in [0.15, 0.2) is 0 Å². The molecule has 0 unspecified atom stereocenters. The minimum Gasteiger partial charge on any atom is -0.326 e. The highest BCUT2D eigenvalue weighted by Gasteiger charge is 2.02. The molecular formula is C15H17NS. The first-order valence-electron chi connectivity index (χ1n) is 5.73. The summed E-state index contributed by atoms with van der Waals surface area (Å²) in [6.45, 7) is 4.87. The maximum Gasteiger partial charge on any atom is 0.0178 e. The summed E-state index contributed by atoms with van der Waals surface area (Å²) >= 11 is 1.80. The lowest BCUT2D eigenvalue weighted by atomic mass is 10.2. The minimum atomic E-state index is 0.598. The highest BCUT2D eigenvalue weighted by molar-refractivity contribution is 7.99. The van der Waals surface area contributed by atoms with Crippen molar-refractivity contribution in [3.63, 3.8) is 0 Å². The molecule has 0 saturated carbocycles. The zero-order valence-electron chi connectivity index (χ0n) is 10.2. The molecule has 0 heterocycles. The van der Waals surface area contributed by atoms with E-state index in [0.29, 0.717) is 6.54 Å². The molecule has 0 amide bonds. The second kappa shape index (κ2) is 5.39. The van der Waals surface area contributed by atoms with Gasteiger partial charge in [-0.15, -0.1) is 0 Å². The van der Waals surface area contributed by atoms with Gasteiger partial charge in [0.05, 0.1) is 0 Å². The van der Waals surface area contributed by atoms with Crippen LogP contribution in [0.2, 0.25) is 0 Å². The van der Waals surface area contributed by atoms with Crippen LogP contribution in [-0.2, 0) is 6.54 Å². The van der Waals surface area contributed by atoms with Crippen molar-refractivity contribution in [2.45, 2.75) is 30.2 Å². The third kappa shape index (κ3) is 3.11. The van der Waals surface area contributed by atoms with Gasteiger partial charge >= 0.3 is 0 Å². The SMILES string of the molecule is Cc1ccc(C)c(Sc2cccc(CN)c2)c1. The van der Waals surface area contributed by atoms with Crippen molar-refractivity contribution in [2.24, 2.45) is 5.73 Å². The van der Waals surface area contributed by atoms with Crippen LogP contribution in [0.1, 0.15) is 16.7 Å². The molecule has 17 heavy (non-hydrogen) atoms. The Morgan fingerprint density at radius 3 is 2.65 bits per heavy atom. The summed E-state index contributed by atoms with van der Waals surface area (Å²) in [7, 11) is 0. The normalized spacial score (nSPS) is 10.5. The number of benzene rings is 2. The monoisotopic (exact) mass is 243 g/mol. The predicted molar refractivity (Wildman–Crippen MR) is 74.4 cm³/mol. The van der Waals surface area contributed by atoms with Crippen molar-refractivity contribution in [3.05, 3.63) is 59.2 Å². The van der Waals surface area contributed by atoms with E-state index in [0.717, 1.165) is 0 Å². The summed E-state index contributed by atoms with van der Waals surface area (Å²) < 4.78 is 0. The molecule has 2 heteroatoms. The molecule has 88 valence electrons. The minimum absolute atomic E-state index is 0.598. The van der Waals surface area contributed by atoms with E-state index in [-0.39, 0.29) is 0 Å². The van der Waals surface area contributed by atoms with Gasteiger partial charge in [0, 0.05) is 16.3 Å². The number of hydrogen-bond acceptors (Lipinski definition) is 2. The van der Waals surface area contributed by atoms with Crippen LogP contribution in [0.4, 0.5) is 0 Å². The molecule has 0 radical (unpaired) electrons. The lowest BCUT2D eigenvalue weighted by Crippen LogP contribution is -1.95. The predicted octanol–water partition coefficient (Wildman–Crippen LogP) is 3.91. The Kier molecular flexibility index (Phi) is 3.87. The van der Waals surface area contributed by atoms with E-state index in [2.05, 4.69) is 56.3 Å². The molecule has 2 aromatic rings. The van der Waals surface area contributed by atoms with Crippen LogP contribution in [-0.4, -0.2) is 0 Å². The first-order chi connectivity index (χ1) is 8.19. The van der Waals surface area contributed by atoms with Crippen molar-refractivity contribution in [1.82, 2.24) is 0 Å². The van der Waals surface area contributed by atoms with Gasteiger partial charge < -0.3 is 5.73 Å². The third-order valence-corrected chi connectivity index (χ3v) is 3.85. The van der Waals surface area contributed by atoms with Crippen LogP contribution in [0.3, 0.4) is 0 Å². The average molecular weight is 243 g/mol. The van der Waals surface area contributed by atoms with Crippen LogP contribution >= 0.6 is 11.8 Å². The van der Waals surface area contributed by atoms with Gasteiger partial charge in [-0.25, -0.2) is 0 Å². The maximum absolute atomic E-state index is 5.66. The second-order valence-corrected chi connectivity index (χ2v) is 5.34. The molecule has 2 N–H and O–H groups in total. The Balaban J connectivity index is 2.27. The molecule has 0 saturated heterocycles. The van der Waals surface area contributed by atoms with Crippen LogP contribution in [0.15, 0.2) is 52.3 Å². The fourth-order valence-electron chi connectivity index (χ4n) is 1.68. The molecule has 2 aromatic carbocycles. The van der Waals surface area contributed by atoms with Crippen molar-refractivity contribution in [3.8, 4) is 0 Å². The molecule has 0 bridgehead atoms. The van der Waals surface area contributed by atoms with Gasteiger partial charge in [-0.3, -0.25) is 0 Å². The van der Waals surface area contributed by atoms with Gasteiger partial charge in [-0.1, -0.05) is 36.0 Å². The van der Waals surface area contributed by atoms with Crippen LogP contribution in [0, 0.1) is 13.8 Å². The molecule has 0 aliphatic heterocycles. The highest BCUT2D eigenvalue weighted by atomic mass is 32.2. The van der Waals surface area contributed by atoms with Gasteiger partial charge in [0.1, 0.15) is 0 Å². The average Bonchev–Trinajstić information content (AvgIpc) is 2.34. The lowest BCUT2D eigenvalue weighted by Gasteiger charge is -2.07. The van der Waals surface area contributed by atoms with E-state index >= 15 is 0 Å². The molecular weight excluding hydrogens is 226 g/mol. The number of rotatable bonds is 3. The maximum atomic E-state index is 5.66. The summed E-state index contributed by atoms with van der Waals surface area (Å²) in [5.74, 6) is 0. The summed E-state index contributed by atoms with van der Waals surface area (Å²) in [6, 6.07) is 15.0. The Hall–Kier alpha value is -1.25. The van der Waals surface area contributed by atoms with Gasteiger partial charge in [0.25, 0.3) is 0 Å². The summed E-state index contributed by atoms with van der Waals surface area (Å²) in [5, 5.41) is 0. The third-order valence-electron chi connectivity index (χ3n) is 2.71. The first-order valence-corrected chi connectivity index (χ1v) is 6.55. The van der Waals surface area contributed by atoms with Gasteiger partial charge in [0.2, 0.25) is 0 Å². The second-order valence-electron chi connectivity index (χ2n) is 4.22. The van der Waals surface area contributed by atoms with E-state index in [1.165, 1.54) is 26.5 Å². The summed E-state index contributed by atoms with van der Waals surface area (Å²) in [4.78, 5) is 2.57. The van der Waals surface area contributed by atoms with E-state index in [9.17, 15) is 0 Å². The zero-order valence-corrected chi connectivity index (χ0v) is 11.1. The van der Waals surface area contributed by atoms with Crippen molar-refractivity contribution >= 4 is 11.8 Å². The van der Waals surface area contributed by atoms with Crippen molar-refractivity contribution in [1.29, 1.82) is 0 Å². The Labute approximate surface area is 107 Å². The van der Waals surface area contributed by atoms with Crippen molar-refractivity contribution < 1.29 is 0 Å². The Bertz CT molecular complexity index is 520. The van der Waals surface area contributed by atoms with Crippen LogP contribution in [0.5, 0.6) is 0 Å². The Morgan fingerprint density at radius 2 is 1.88 bits per heavy atom. The summed E-state index contributed by atoms with van der Waals surface area (Å²) in [5.41, 5.74) is 9.46. The molecule has 0 aromatic heterocycles. The highest BCUT2D eigenvalue weighted by Crippen LogP contribution is 2.31. The molecule has 1 nitrogen and oxygen atoms in total. The lowest BCUT2D eigenvalue weighted by molar-refractivity contribution is 1.06. The van der Waals surface area contributed by atoms with E-state index in [4.69, 9.17) is 5.73 Å². The van der Waals surface area contributed by atoms with E-state index in [1.54, 1.807) is 11.8 Å². The number of aryl methyl sites for hydroxylation is 2. The number of hydrogen-bond donors (Lipinski definition) is 1. The fourth-order valence-corrected chi connectivity index (χ4v) is 2.76. The van der Waals surface area contributed by atoms with E-state index < -0.39 is 0 Å². The fraction of sp³-hybridized carbons (Fsp3) is 0.200. The smallest absolute Gasteiger partial charge is 0.0178 e. The van der Waals surface area contributed by atoms with Crippen LogP contribution < -0.4 is 5.73 Å². The zero-order chi connectivity index (χ0) is 12.3. The molecule has 0 fully saturated rings. The molecule has 0 atom stereocenters. The Morgan fingerprint density at radius 1 is 1.06 bits per heavy atom. The molecule has 0 aliphatic rings.